The number of nitrogens with one attached hydrogen (secondary N) is 3. The predicted molar refractivity (Wildman–Crippen MR) is 120 cm³/mol. The first-order chi connectivity index (χ1) is 14.9. The Labute approximate surface area is 184 Å². The summed E-state index contributed by atoms with van der Waals surface area (Å²) in [5.74, 6) is -1.06. The van der Waals surface area contributed by atoms with Crippen molar-refractivity contribution in [2.75, 3.05) is 4.72 Å². The molecule has 0 saturated heterocycles. The van der Waals surface area contributed by atoms with Gasteiger partial charge in [0, 0.05) is 5.56 Å². The summed E-state index contributed by atoms with van der Waals surface area (Å²) < 4.78 is 27.6. The summed E-state index contributed by atoms with van der Waals surface area (Å²) in [5, 5.41) is 1.66. The fraction of sp³-hybridized carbons (Fsp3) is 0.182. The Bertz CT molecular complexity index is 1220. The molecule has 0 aliphatic heterocycles. The van der Waals surface area contributed by atoms with Gasteiger partial charge >= 0.3 is 0 Å². The first kappa shape index (κ1) is 21.1. The van der Waals surface area contributed by atoms with Gasteiger partial charge in [-0.15, -0.1) is 11.3 Å². The zero-order valence-electron chi connectivity index (χ0n) is 16.6. The van der Waals surface area contributed by atoms with Crippen LogP contribution in [0.1, 0.15) is 44.7 Å². The number of fused-ring (bicyclic) bond motifs is 1. The van der Waals surface area contributed by atoms with E-state index in [9.17, 15) is 18.0 Å². The number of para-hydroxylation sites is 1. The largest absolute Gasteiger partial charge is 0.278 e. The average Bonchev–Trinajstić information content (AvgIpc) is 3.33. The number of benzene rings is 2. The molecule has 4 rings (SSSR count). The highest BCUT2D eigenvalue weighted by atomic mass is 32.2. The third-order valence-electron chi connectivity index (χ3n) is 5.08. The third kappa shape index (κ3) is 4.78. The minimum atomic E-state index is -3.81. The van der Waals surface area contributed by atoms with Crippen molar-refractivity contribution in [1.82, 2.24) is 10.9 Å². The molecule has 31 heavy (non-hydrogen) atoms. The van der Waals surface area contributed by atoms with Crippen molar-refractivity contribution in [1.29, 1.82) is 0 Å². The molecule has 0 saturated carbocycles. The van der Waals surface area contributed by atoms with E-state index in [4.69, 9.17) is 0 Å². The van der Waals surface area contributed by atoms with Gasteiger partial charge in [0.25, 0.3) is 21.8 Å². The van der Waals surface area contributed by atoms with Gasteiger partial charge in [-0.25, -0.2) is 8.42 Å². The number of thiophene rings is 1. The Morgan fingerprint density at radius 3 is 2.35 bits per heavy atom. The first-order valence-electron chi connectivity index (χ1n) is 9.82. The van der Waals surface area contributed by atoms with E-state index < -0.39 is 21.8 Å². The quantitative estimate of drug-likeness (QED) is 0.512. The Balaban J connectivity index is 1.45. The lowest BCUT2D eigenvalue weighted by Crippen LogP contribution is -2.42. The van der Waals surface area contributed by atoms with Crippen molar-refractivity contribution in [3.63, 3.8) is 0 Å². The van der Waals surface area contributed by atoms with Crippen LogP contribution in [0.4, 0.5) is 5.69 Å². The number of amides is 2. The molecule has 1 aliphatic carbocycles. The van der Waals surface area contributed by atoms with E-state index >= 15 is 0 Å². The molecule has 3 N–H and O–H groups in total. The van der Waals surface area contributed by atoms with Crippen molar-refractivity contribution < 1.29 is 18.0 Å². The zero-order chi connectivity index (χ0) is 21.8. The van der Waals surface area contributed by atoms with Crippen LogP contribution in [0.25, 0.3) is 0 Å². The number of rotatable bonds is 5. The molecule has 0 spiro atoms. The Kier molecular flexibility index (Phi) is 6.06. The van der Waals surface area contributed by atoms with Gasteiger partial charge in [0.2, 0.25) is 0 Å². The van der Waals surface area contributed by atoms with E-state index in [1.165, 1.54) is 29.3 Å². The summed E-state index contributed by atoms with van der Waals surface area (Å²) in [6.45, 7) is 0. The second-order valence-corrected chi connectivity index (χ2v) is 10.0. The molecule has 1 aromatic heterocycles. The molecule has 3 aromatic rings. The van der Waals surface area contributed by atoms with E-state index in [1.54, 1.807) is 29.6 Å². The smallest absolute Gasteiger partial charge is 0.271 e. The minimum absolute atomic E-state index is 0.0911. The Hall–Kier alpha value is -3.17. The van der Waals surface area contributed by atoms with Crippen LogP contribution in [0.2, 0.25) is 0 Å². The summed E-state index contributed by atoms with van der Waals surface area (Å²) in [6, 6.07) is 14.9. The molecule has 2 amide bonds. The number of aryl methyl sites for hydroxylation is 2. The van der Waals surface area contributed by atoms with Gasteiger partial charge < -0.3 is 0 Å². The van der Waals surface area contributed by atoms with Crippen LogP contribution >= 0.6 is 11.3 Å². The molecule has 0 bridgehead atoms. The van der Waals surface area contributed by atoms with Gasteiger partial charge in [0.05, 0.1) is 11.3 Å². The van der Waals surface area contributed by atoms with E-state index in [0.29, 0.717) is 5.56 Å². The minimum Gasteiger partial charge on any atom is -0.278 e. The number of carbonyl (C=O) groups is 2. The van der Waals surface area contributed by atoms with Crippen LogP contribution in [0.3, 0.4) is 0 Å². The fourth-order valence-corrected chi connectivity index (χ4v) is 5.58. The molecule has 2 aromatic carbocycles. The van der Waals surface area contributed by atoms with Gasteiger partial charge in [-0.05, 0) is 72.5 Å². The van der Waals surface area contributed by atoms with Gasteiger partial charge in [-0.1, -0.05) is 24.3 Å². The lowest BCUT2D eigenvalue weighted by molar-refractivity contribution is 0.0847. The van der Waals surface area contributed by atoms with E-state index in [1.807, 2.05) is 12.1 Å². The van der Waals surface area contributed by atoms with Crippen LogP contribution in [-0.4, -0.2) is 20.2 Å². The highest BCUT2D eigenvalue weighted by Gasteiger charge is 2.20. The van der Waals surface area contributed by atoms with Crippen molar-refractivity contribution in [2.45, 2.75) is 29.9 Å². The normalized spacial score (nSPS) is 13.2. The maximum Gasteiger partial charge on any atom is 0.271 e. The number of sulfonamides is 1. The van der Waals surface area contributed by atoms with Crippen molar-refractivity contribution in [3.8, 4) is 0 Å². The van der Waals surface area contributed by atoms with Crippen LogP contribution in [0.15, 0.2) is 64.2 Å². The molecular formula is C22H21N3O4S2. The van der Waals surface area contributed by atoms with Crippen LogP contribution in [0, 0.1) is 0 Å². The highest BCUT2D eigenvalue weighted by molar-refractivity contribution is 7.94. The molecule has 160 valence electrons. The topological polar surface area (TPSA) is 104 Å². The van der Waals surface area contributed by atoms with E-state index in [-0.39, 0.29) is 15.5 Å². The maximum absolute atomic E-state index is 12.6. The van der Waals surface area contributed by atoms with Gasteiger partial charge in [0.1, 0.15) is 4.21 Å². The molecule has 7 nitrogen and oxygen atoms in total. The monoisotopic (exact) mass is 455 g/mol. The second-order valence-electron chi connectivity index (χ2n) is 7.18. The number of hydrogen-bond acceptors (Lipinski definition) is 5. The highest BCUT2D eigenvalue weighted by Crippen LogP contribution is 2.23. The average molecular weight is 456 g/mol. The van der Waals surface area contributed by atoms with Crippen molar-refractivity contribution in [3.05, 3.63) is 82.2 Å². The summed E-state index contributed by atoms with van der Waals surface area (Å²) in [7, 11) is -3.81. The van der Waals surface area contributed by atoms with Crippen LogP contribution in [-0.2, 0) is 22.9 Å². The third-order valence-corrected chi connectivity index (χ3v) is 7.84. The van der Waals surface area contributed by atoms with Gasteiger partial charge in [0.15, 0.2) is 0 Å². The van der Waals surface area contributed by atoms with E-state index in [0.717, 1.165) is 37.0 Å². The lowest BCUT2D eigenvalue weighted by atomic mass is 9.90. The molecule has 0 atom stereocenters. The van der Waals surface area contributed by atoms with Crippen molar-refractivity contribution >= 4 is 38.9 Å². The number of anilines is 1. The van der Waals surface area contributed by atoms with Gasteiger partial charge in [-0.3, -0.25) is 25.2 Å². The Morgan fingerprint density at radius 1 is 0.839 bits per heavy atom. The first-order valence-corrected chi connectivity index (χ1v) is 12.2. The SMILES string of the molecule is O=C(NNC(=O)c1ccccc1NS(=O)(=O)c1cccs1)c1ccc2c(c1)CCCC2. The zero-order valence-corrected chi connectivity index (χ0v) is 18.2. The van der Waals surface area contributed by atoms with Gasteiger partial charge in [-0.2, -0.15) is 0 Å². The summed E-state index contributed by atoms with van der Waals surface area (Å²) in [4.78, 5) is 25.1. The van der Waals surface area contributed by atoms with Crippen LogP contribution in [0.5, 0.6) is 0 Å². The molecular weight excluding hydrogens is 434 g/mol. The number of hydrogen-bond donors (Lipinski definition) is 3. The van der Waals surface area contributed by atoms with E-state index in [2.05, 4.69) is 15.6 Å². The molecule has 1 aliphatic rings. The summed E-state index contributed by atoms with van der Waals surface area (Å²) in [5.41, 5.74) is 7.88. The fourth-order valence-electron chi connectivity index (χ4n) is 3.51. The number of carbonyl (C=O) groups excluding carboxylic acids is 2. The second kappa shape index (κ2) is 8.91. The Morgan fingerprint density at radius 2 is 1.58 bits per heavy atom. The summed E-state index contributed by atoms with van der Waals surface area (Å²) in [6.07, 6.45) is 4.23. The molecule has 0 radical (unpaired) electrons. The molecule has 9 heteroatoms. The van der Waals surface area contributed by atoms with Crippen molar-refractivity contribution in [2.24, 2.45) is 0 Å². The predicted octanol–water partition coefficient (Wildman–Crippen LogP) is 3.50. The maximum atomic E-state index is 12.6. The standard InChI is InChI=1S/C22H21N3O4S2/c26-21(17-12-11-15-6-1-2-7-16(15)14-17)23-24-22(27)18-8-3-4-9-19(18)25-31(28,29)20-10-5-13-30-20/h3-5,8-14,25H,1-2,6-7H2,(H,23,26)(H,24,27). The molecule has 0 unspecified atom stereocenters. The molecule has 0 fully saturated rings. The summed E-state index contributed by atoms with van der Waals surface area (Å²) >= 11 is 1.08. The number of hydrazine groups is 1. The molecule has 1 heterocycles. The van der Waals surface area contributed by atoms with Crippen LogP contribution < -0.4 is 15.6 Å². The lowest BCUT2D eigenvalue weighted by Gasteiger charge is -2.16.